The van der Waals surface area contributed by atoms with E-state index in [4.69, 9.17) is 9.72 Å². The normalized spacial score (nSPS) is 23.7. The van der Waals surface area contributed by atoms with Crippen molar-refractivity contribution in [3.05, 3.63) is 58.4 Å². The molecule has 0 radical (unpaired) electrons. The van der Waals surface area contributed by atoms with Gasteiger partial charge in [0.1, 0.15) is 12.0 Å². The van der Waals surface area contributed by atoms with Crippen LogP contribution >= 0.6 is 11.3 Å². The number of likely N-dealkylation sites (N-methyl/N-ethyl adjacent to an activating group) is 1. The van der Waals surface area contributed by atoms with Crippen LogP contribution in [0.3, 0.4) is 0 Å². The number of carbonyl (C=O) groups is 1. The van der Waals surface area contributed by atoms with Crippen LogP contribution < -0.4 is 4.90 Å². The minimum Gasteiger partial charge on any atom is -0.462 e. The number of fused-ring (bicyclic) bond motifs is 1. The summed E-state index contributed by atoms with van der Waals surface area (Å²) in [7, 11) is 2.18. The van der Waals surface area contributed by atoms with Crippen molar-refractivity contribution in [1.29, 1.82) is 0 Å². The Morgan fingerprint density at radius 3 is 2.77 bits per heavy atom. The summed E-state index contributed by atoms with van der Waals surface area (Å²) in [6.45, 7) is 8.50. The molecule has 6 nitrogen and oxygen atoms in total. The molecule has 1 aromatic heterocycles. The van der Waals surface area contributed by atoms with Gasteiger partial charge in [0.2, 0.25) is 0 Å². The summed E-state index contributed by atoms with van der Waals surface area (Å²) in [5.41, 5.74) is 3.44. The Balaban J connectivity index is 1.45. The molecule has 4 aliphatic rings. The highest BCUT2D eigenvalue weighted by molar-refractivity contribution is 7.17. The lowest BCUT2D eigenvalue weighted by Crippen LogP contribution is -2.44. The molecule has 3 heterocycles. The van der Waals surface area contributed by atoms with Crippen LogP contribution in [0.4, 0.5) is 5.13 Å². The van der Waals surface area contributed by atoms with Crippen LogP contribution in [0, 0.1) is 5.41 Å². The standard InChI is InChI=1S/C24H30N4O2S/c1-24(2)14-18-22(20(29)15-24)31-23(25-18)28-12-13-30-21(16-28)17-6-4-5-7-19(17)27-10-8-26(3)9-11-27/h5,7,12-13,16H,4,6,8-11,14-15H2,1-3H3. The molecular weight excluding hydrogens is 408 g/mol. The van der Waals surface area contributed by atoms with Crippen LogP contribution in [0.15, 0.2) is 47.8 Å². The Bertz CT molecular complexity index is 1010. The second-order valence-electron chi connectivity index (χ2n) is 9.61. The number of allylic oxidation sites excluding steroid dienone is 3. The Morgan fingerprint density at radius 1 is 1.16 bits per heavy atom. The number of aromatic nitrogens is 1. The van der Waals surface area contributed by atoms with Crippen molar-refractivity contribution in [3.63, 3.8) is 0 Å². The van der Waals surface area contributed by atoms with E-state index in [0.29, 0.717) is 6.42 Å². The Hall–Kier alpha value is -2.38. The molecule has 0 bridgehead atoms. The van der Waals surface area contributed by atoms with E-state index in [1.807, 2.05) is 17.3 Å². The highest BCUT2D eigenvalue weighted by Crippen LogP contribution is 2.40. The van der Waals surface area contributed by atoms with Gasteiger partial charge in [-0.1, -0.05) is 31.3 Å². The van der Waals surface area contributed by atoms with Gasteiger partial charge in [0.05, 0.1) is 16.8 Å². The number of ether oxygens (including phenoxy) is 1. The SMILES string of the molecule is CN1CCN(C2=C(C3=CN(c4nc5c(s4)C(=O)CC(C)(C)C5)C=CO3)CCC=C2)CC1. The molecule has 0 amide bonds. The lowest BCUT2D eigenvalue weighted by Gasteiger charge is -2.37. The van der Waals surface area contributed by atoms with Gasteiger partial charge in [-0.15, -0.1) is 0 Å². The Labute approximate surface area is 188 Å². The first kappa shape index (κ1) is 20.5. The molecule has 1 aromatic rings. The molecule has 1 fully saturated rings. The first-order valence-corrected chi connectivity index (χ1v) is 11.9. The molecule has 0 aromatic carbocycles. The molecule has 2 aliphatic heterocycles. The van der Waals surface area contributed by atoms with Crippen molar-refractivity contribution < 1.29 is 9.53 Å². The molecule has 1 saturated heterocycles. The average Bonchev–Trinajstić information content (AvgIpc) is 3.18. The van der Waals surface area contributed by atoms with Gasteiger partial charge in [-0.05, 0) is 37.8 Å². The van der Waals surface area contributed by atoms with Crippen LogP contribution in [0.25, 0.3) is 0 Å². The average molecular weight is 439 g/mol. The van der Waals surface area contributed by atoms with Crippen LogP contribution in [0.1, 0.15) is 48.5 Å². The molecule has 5 rings (SSSR count). The van der Waals surface area contributed by atoms with Crippen molar-refractivity contribution in [2.45, 2.75) is 39.5 Å². The van der Waals surface area contributed by atoms with Gasteiger partial charge in [0.25, 0.3) is 0 Å². The summed E-state index contributed by atoms with van der Waals surface area (Å²) in [5.74, 6) is 1.09. The first-order valence-electron chi connectivity index (χ1n) is 11.1. The van der Waals surface area contributed by atoms with Gasteiger partial charge in [-0.25, -0.2) is 4.98 Å². The number of carbonyl (C=O) groups excluding carboxylic acids is 1. The number of ketones is 1. The lowest BCUT2D eigenvalue weighted by molar-refractivity contribution is 0.0916. The maximum Gasteiger partial charge on any atom is 0.194 e. The van der Waals surface area contributed by atoms with Crippen molar-refractivity contribution in [2.24, 2.45) is 5.41 Å². The van der Waals surface area contributed by atoms with E-state index in [1.54, 1.807) is 6.26 Å². The molecule has 31 heavy (non-hydrogen) atoms. The Morgan fingerprint density at radius 2 is 1.97 bits per heavy atom. The minimum absolute atomic E-state index is 0.0199. The van der Waals surface area contributed by atoms with Gasteiger partial charge in [0.15, 0.2) is 10.9 Å². The summed E-state index contributed by atoms with van der Waals surface area (Å²) in [6, 6.07) is 0. The number of hydrogen-bond donors (Lipinski definition) is 0. The van der Waals surface area contributed by atoms with Gasteiger partial charge < -0.3 is 14.5 Å². The maximum atomic E-state index is 12.6. The zero-order valence-electron chi connectivity index (χ0n) is 18.6. The van der Waals surface area contributed by atoms with Crippen molar-refractivity contribution in [2.75, 3.05) is 38.1 Å². The summed E-state index contributed by atoms with van der Waals surface area (Å²) >= 11 is 1.50. The van der Waals surface area contributed by atoms with Crippen LogP contribution in [-0.2, 0) is 11.2 Å². The van der Waals surface area contributed by atoms with Crippen LogP contribution in [0.2, 0.25) is 0 Å². The van der Waals surface area contributed by atoms with E-state index in [0.717, 1.165) is 66.9 Å². The monoisotopic (exact) mass is 438 g/mol. The second-order valence-corrected chi connectivity index (χ2v) is 10.6. The van der Waals surface area contributed by atoms with E-state index in [-0.39, 0.29) is 11.2 Å². The fourth-order valence-corrected chi connectivity index (χ4v) is 5.68. The number of rotatable bonds is 3. The van der Waals surface area contributed by atoms with E-state index >= 15 is 0 Å². The van der Waals surface area contributed by atoms with Crippen molar-refractivity contribution >= 4 is 22.3 Å². The topological polar surface area (TPSA) is 48.9 Å². The summed E-state index contributed by atoms with van der Waals surface area (Å²) in [4.78, 5) is 25.1. The summed E-state index contributed by atoms with van der Waals surface area (Å²) in [5, 5.41) is 0.834. The third kappa shape index (κ3) is 4.08. The predicted molar refractivity (Wildman–Crippen MR) is 124 cm³/mol. The van der Waals surface area contributed by atoms with Crippen LogP contribution in [-0.4, -0.2) is 53.8 Å². The maximum absolute atomic E-state index is 12.6. The number of thiazole rings is 1. The van der Waals surface area contributed by atoms with E-state index in [1.165, 1.54) is 22.6 Å². The molecular formula is C24H30N4O2S. The minimum atomic E-state index is -0.0199. The molecule has 0 N–H and O–H groups in total. The van der Waals surface area contributed by atoms with Gasteiger partial charge in [-0.3, -0.25) is 9.69 Å². The third-order valence-electron chi connectivity index (χ3n) is 6.41. The number of anilines is 1. The van der Waals surface area contributed by atoms with Crippen molar-refractivity contribution in [1.82, 2.24) is 14.8 Å². The highest BCUT2D eigenvalue weighted by Gasteiger charge is 2.34. The molecule has 0 saturated carbocycles. The van der Waals surface area contributed by atoms with E-state index < -0.39 is 0 Å². The van der Waals surface area contributed by atoms with E-state index in [9.17, 15) is 4.79 Å². The van der Waals surface area contributed by atoms with Gasteiger partial charge >= 0.3 is 0 Å². The smallest absolute Gasteiger partial charge is 0.194 e. The summed E-state index contributed by atoms with van der Waals surface area (Å²) in [6.07, 6.45) is 13.6. The fraction of sp³-hybridized carbons (Fsp3) is 0.500. The van der Waals surface area contributed by atoms with Gasteiger partial charge in [-0.2, -0.15) is 0 Å². The zero-order chi connectivity index (χ0) is 21.6. The largest absolute Gasteiger partial charge is 0.462 e. The van der Waals surface area contributed by atoms with Gasteiger partial charge in [0, 0.05) is 50.1 Å². The van der Waals surface area contributed by atoms with Crippen molar-refractivity contribution in [3.8, 4) is 0 Å². The molecule has 7 heteroatoms. The highest BCUT2D eigenvalue weighted by atomic mass is 32.1. The zero-order valence-corrected chi connectivity index (χ0v) is 19.4. The Kier molecular flexibility index (Phi) is 5.26. The quantitative estimate of drug-likeness (QED) is 0.701. The molecule has 164 valence electrons. The predicted octanol–water partition coefficient (Wildman–Crippen LogP) is 4.30. The second kappa shape index (κ2) is 7.95. The fourth-order valence-electron chi connectivity index (χ4n) is 4.70. The molecule has 2 aliphatic carbocycles. The van der Waals surface area contributed by atoms with E-state index in [2.05, 4.69) is 42.8 Å². The van der Waals surface area contributed by atoms with Crippen LogP contribution in [0.5, 0.6) is 0 Å². The molecule has 0 atom stereocenters. The lowest BCUT2D eigenvalue weighted by atomic mass is 9.78. The number of hydrogen-bond acceptors (Lipinski definition) is 7. The number of Topliss-reactive ketones (excluding diaryl/α,β-unsaturated/α-hetero) is 1. The summed E-state index contributed by atoms with van der Waals surface area (Å²) < 4.78 is 5.99. The molecule has 0 unspecified atom stereocenters. The number of piperazine rings is 1. The number of nitrogens with zero attached hydrogens (tertiary/aromatic N) is 4. The molecule has 0 spiro atoms. The third-order valence-corrected chi connectivity index (χ3v) is 7.56. The first-order chi connectivity index (χ1) is 14.9.